The number of nitrogens with zero attached hydrogens (tertiary/aromatic N) is 2. The summed E-state index contributed by atoms with van der Waals surface area (Å²) in [6.45, 7) is 4.05. The van der Waals surface area contributed by atoms with E-state index in [-0.39, 0.29) is 32.7 Å². The molecule has 0 unspecified atom stereocenters. The van der Waals surface area contributed by atoms with Crippen LogP contribution in [-0.2, 0) is 27.8 Å². The van der Waals surface area contributed by atoms with Crippen molar-refractivity contribution in [2.75, 3.05) is 19.8 Å². The summed E-state index contributed by atoms with van der Waals surface area (Å²) in [4.78, 5) is 11.6. The molecule has 1 aromatic carbocycles. The standard InChI is InChI=1S/C21H26N3O7P/c1-21(2)30-18-16(13-28-32(26-10-4-8-22)27-11-5-9-23)29-17(19(18)31-21)14-6-3-7-15(12-14)20(24)25/h3,6-7,12,16-19H,4-5,10-11,13H2,1-2H3,(H2,24,25)/t16-,17+,18-,19+/m1/s1. The van der Waals surface area contributed by atoms with Gasteiger partial charge in [0.15, 0.2) is 5.79 Å². The predicted octanol–water partition coefficient (Wildman–Crippen LogP) is 2.85. The molecule has 11 heteroatoms. The lowest BCUT2D eigenvalue weighted by Gasteiger charge is -2.25. The van der Waals surface area contributed by atoms with E-state index < -0.39 is 44.7 Å². The number of primary amides is 1. The second-order valence-electron chi connectivity index (χ2n) is 7.65. The maximum absolute atomic E-state index is 11.6. The lowest BCUT2D eigenvalue weighted by Crippen LogP contribution is -2.32. The zero-order valence-electron chi connectivity index (χ0n) is 17.9. The van der Waals surface area contributed by atoms with E-state index in [0.29, 0.717) is 5.56 Å². The molecular formula is C21H26N3O7P. The Bertz CT molecular complexity index is 865. The van der Waals surface area contributed by atoms with Crippen LogP contribution >= 0.6 is 8.60 Å². The van der Waals surface area contributed by atoms with Crippen LogP contribution in [0.4, 0.5) is 0 Å². The van der Waals surface area contributed by atoms with Crippen LogP contribution in [0.1, 0.15) is 48.7 Å². The van der Waals surface area contributed by atoms with E-state index in [1.54, 1.807) is 18.2 Å². The molecule has 4 atom stereocenters. The summed E-state index contributed by atoms with van der Waals surface area (Å²) >= 11 is 0. The van der Waals surface area contributed by atoms with Gasteiger partial charge in [-0.05, 0) is 31.5 Å². The van der Waals surface area contributed by atoms with Gasteiger partial charge >= 0.3 is 8.60 Å². The van der Waals surface area contributed by atoms with Crippen molar-refractivity contribution in [2.45, 2.75) is 56.9 Å². The van der Waals surface area contributed by atoms with E-state index in [9.17, 15) is 4.79 Å². The van der Waals surface area contributed by atoms with Crippen LogP contribution in [0.15, 0.2) is 24.3 Å². The lowest BCUT2D eigenvalue weighted by atomic mass is 10.00. The number of hydrogen-bond donors (Lipinski definition) is 1. The second-order valence-corrected chi connectivity index (χ2v) is 8.87. The minimum Gasteiger partial charge on any atom is -0.366 e. The van der Waals surface area contributed by atoms with E-state index in [1.807, 2.05) is 32.1 Å². The van der Waals surface area contributed by atoms with Crippen molar-refractivity contribution in [3.63, 3.8) is 0 Å². The molecule has 0 bridgehead atoms. The molecule has 0 spiro atoms. The fourth-order valence-electron chi connectivity index (χ4n) is 3.53. The van der Waals surface area contributed by atoms with E-state index in [1.165, 1.54) is 0 Å². The highest BCUT2D eigenvalue weighted by atomic mass is 31.2. The Hall–Kier alpha value is -2.14. The zero-order chi connectivity index (χ0) is 23.1. The zero-order valence-corrected chi connectivity index (χ0v) is 18.8. The SMILES string of the molecule is CC1(C)O[C@@H]2[C@H](O1)[C@@H](COP(OCCC#N)OCCC#N)O[C@H]2c1cccc(C(N)=O)c1. The molecule has 1 aromatic rings. The van der Waals surface area contributed by atoms with Gasteiger partial charge in [0.05, 0.1) is 44.8 Å². The number of rotatable bonds is 11. The highest BCUT2D eigenvalue weighted by Crippen LogP contribution is 2.47. The second kappa shape index (κ2) is 11.1. The third-order valence-corrected chi connectivity index (χ3v) is 5.96. The van der Waals surface area contributed by atoms with E-state index >= 15 is 0 Å². The van der Waals surface area contributed by atoms with Crippen LogP contribution in [0.25, 0.3) is 0 Å². The fraction of sp³-hybridized carbons (Fsp3) is 0.571. The molecular weight excluding hydrogens is 437 g/mol. The molecule has 0 aromatic heterocycles. The number of carbonyl (C=O) groups excluding carboxylic acids is 1. The predicted molar refractivity (Wildman–Crippen MR) is 112 cm³/mol. The molecule has 0 saturated carbocycles. The Kier molecular flexibility index (Phi) is 8.52. The Balaban J connectivity index is 1.70. The van der Waals surface area contributed by atoms with Crippen molar-refractivity contribution in [1.29, 1.82) is 10.5 Å². The maximum Gasteiger partial charge on any atom is 0.332 e. The van der Waals surface area contributed by atoms with Gasteiger partial charge in [0.1, 0.15) is 24.4 Å². The molecule has 0 aliphatic carbocycles. The average Bonchev–Trinajstić information content (AvgIpc) is 3.25. The number of ether oxygens (including phenoxy) is 3. The Morgan fingerprint density at radius 1 is 1.12 bits per heavy atom. The van der Waals surface area contributed by atoms with Crippen molar-refractivity contribution in [3.05, 3.63) is 35.4 Å². The molecule has 2 aliphatic heterocycles. The quantitative estimate of drug-likeness (QED) is 0.386. The van der Waals surface area contributed by atoms with Crippen molar-refractivity contribution in [1.82, 2.24) is 0 Å². The van der Waals surface area contributed by atoms with Crippen LogP contribution in [0.2, 0.25) is 0 Å². The molecule has 32 heavy (non-hydrogen) atoms. The molecule has 2 aliphatic rings. The van der Waals surface area contributed by atoms with E-state index in [2.05, 4.69) is 0 Å². The van der Waals surface area contributed by atoms with Crippen LogP contribution in [0, 0.1) is 22.7 Å². The van der Waals surface area contributed by atoms with Crippen molar-refractivity contribution in [3.8, 4) is 12.1 Å². The fourth-order valence-corrected chi connectivity index (χ4v) is 4.50. The van der Waals surface area contributed by atoms with E-state index in [0.717, 1.165) is 5.56 Å². The van der Waals surface area contributed by atoms with Gasteiger partial charge in [-0.15, -0.1) is 0 Å². The number of nitriles is 2. The topological polar surface area (TPSA) is 146 Å². The van der Waals surface area contributed by atoms with Crippen molar-refractivity contribution < 1.29 is 32.6 Å². The van der Waals surface area contributed by atoms with Gasteiger partial charge in [-0.1, -0.05) is 12.1 Å². The first kappa shape index (κ1) is 24.5. The number of nitrogens with two attached hydrogens (primary N) is 1. The molecule has 2 heterocycles. The summed E-state index contributed by atoms with van der Waals surface area (Å²) in [6.07, 6.45) is -1.42. The van der Waals surface area contributed by atoms with Gasteiger partial charge in [-0.2, -0.15) is 10.5 Å². The number of hydrogen-bond acceptors (Lipinski definition) is 9. The molecule has 172 valence electrons. The minimum atomic E-state index is -1.76. The summed E-state index contributed by atoms with van der Waals surface area (Å²) in [5.74, 6) is -1.34. The smallest absolute Gasteiger partial charge is 0.332 e. The van der Waals surface area contributed by atoms with Gasteiger partial charge in [0, 0.05) is 5.56 Å². The van der Waals surface area contributed by atoms with Gasteiger partial charge in [0.25, 0.3) is 0 Å². The molecule has 10 nitrogen and oxygen atoms in total. The van der Waals surface area contributed by atoms with Crippen molar-refractivity contribution >= 4 is 14.5 Å². The lowest BCUT2D eigenvalue weighted by molar-refractivity contribution is -0.190. The molecule has 3 rings (SSSR count). The van der Waals surface area contributed by atoms with Crippen LogP contribution in [0.3, 0.4) is 0 Å². The van der Waals surface area contributed by atoms with Crippen molar-refractivity contribution in [2.24, 2.45) is 5.73 Å². The summed E-state index contributed by atoms with van der Waals surface area (Å²) < 4.78 is 35.2. The van der Waals surface area contributed by atoms with Gasteiger partial charge in [0.2, 0.25) is 5.91 Å². The van der Waals surface area contributed by atoms with Gasteiger partial charge in [-0.3, -0.25) is 4.79 Å². The molecule has 2 N–H and O–H groups in total. The van der Waals surface area contributed by atoms with Crippen LogP contribution in [0.5, 0.6) is 0 Å². The Morgan fingerprint density at radius 2 is 1.78 bits per heavy atom. The van der Waals surface area contributed by atoms with Crippen LogP contribution in [-0.4, -0.2) is 49.8 Å². The first-order valence-electron chi connectivity index (χ1n) is 10.2. The Labute approximate surface area is 188 Å². The van der Waals surface area contributed by atoms with Gasteiger partial charge < -0.3 is 33.5 Å². The number of benzene rings is 1. The summed E-state index contributed by atoms with van der Waals surface area (Å²) in [5, 5.41) is 17.4. The molecule has 1 amide bonds. The summed E-state index contributed by atoms with van der Waals surface area (Å²) in [5.41, 5.74) is 6.54. The average molecular weight is 463 g/mol. The number of carbonyl (C=O) groups is 1. The molecule has 2 fully saturated rings. The first-order valence-corrected chi connectivity index (χ1v) is 11.3. The monoisotopic (exact) mass is 463 g/mol. The number of fused-ring (bicyclic) bond motifs is 1. The largest absolute Gasteiger partial charge is 0.366 e. The summed E-state index contributed by atoms with van der Waals surface area (Å²) in [7, 11) is -1.76. The third-order valence-electron chi connectivity index (χ3n) is 4.81. The van der Waals surface area contributed by atoms with Gasteiger partial charge in [-0.25, -0.2) is 0 Å². The highest BCUT2D eigenvalue weighted by Gasteiger charge is 2.55. The normalized spacial score (nSPS) is 25.9. The Morgan fingerprint density at radius 3 is 2.41 bits per heavy atom. The van der Waals surface area contributed by atoms with E-state index in [4.69, 9.17) is 44.0 Å². The summed E-state index contributed by atoms with van der Waals surface area (Å²) in [6, 6.07) is 10.9. The first-order chi connectivity index (χ1) is 15.3. The number of amides is 1. The highest BCUT2D eigenvalue weighted by molar-refractivity contribution is 7.41. The molecule has 2 saturated heterocycles. The van der Waals surface area contributed by atoms with Crippen LogP contribution < -0.4 is 5.73 Å². The maximum atomic E-state index is 11.6. The molecule has 0 radical (unpaired) electrons. The third kappa shape index (κ3) is 6.22. The minimum absolute atomic E-state index is 0.0947.